The summed E-state index contributed by atoms with van der Waals surface area (Å²) < 4.78 is 10.4. The Bertz CT molecular complexity index is 890. The second-order valence-electron chi connectivity index (χ2n) is 7.18. The lowest BCUT2D eigenvalue weighted by Gasteiger charge is -2.44. The average Bonchev–Trinajstić information content (AvgIpc) is 3.09. The summed E-state index contributed by atoms with van der Waals surface area (Å²) >= 11 is 1.69. The first-order chi connectivity index (χ1) is 14.1. The zero-order chi connectivity index (χ0) is 20.4. The lowest BCUT2D eigenvalue weighted by Crippen LogP contribution is -2.53. The molecule has 0 unspecified atom stereocenters. The molecule has 2 aromatic carbocycles. The van der Waals surface area contributed by atoms with Crippen molar-refractivity contribution in [3.8, 4) is 11.5 Å². The maximum absolute atomic E-state index is 12.9. The quantitative estimate of drug-likeness (QED) is 0.770. The van der Waals surface area contributed by atoms with Gasteiger partial charge in [0.15, 0.2) is 0 Å². The molecule has 1 spiro atoms. The average molecular weight is 413 g/mol. The predicted octanol–water partition coefficient (Wildman–Crippen LogP) is 3.42. The van der Waals surface area contributed by atoms with Crippen molar-refractivity contribution in [3.63, 3.8) is 0 Å². The summed E-state index contributed by atoms with van der Waals surface area (Å²) in [5.41, 5.74) is 1.54. The van der Waals surface area contributed by atoms with Gasteiger partial charge in [-0.1, -0.05) is 0 Å². The standard InChI is InChI=1S/C22H24N2O4S/c1-27-18-7-3-16(4-8-18)21(26)23-13-11-22(12-14-23)24(20(25)15-29-22)17-5-9-19(28-2)10-6-17/h3-10H,11-15H2,1-2H3. The van der Waals surface area contributed by atoms with E-state index in [1.54, 1.807) is 50.2 Å². The van der Waals surface area contributed by atoms with Gasteiger partial charge in [-0.25, -0.2) is 0 Å². The maximum atomic E-state index is 12.9. The van der Waals surface area contributed by atoms with Crippen molar-refractivity contribution in [3.05, 3.63) is 54.1 Å². The molecule has 2 saturated heterocycles. The summed E-state index contributed by atoms with van der Waals surface area (Å²) in [5.74, 6) is 2.11. The zero-order valence-electron chi connectivity index (χ0n) is 16.6. The van der Waals surface area contributed by atoms with Gasteiger partial charge in [-0.15, -0.1) is 11.8 Å². The number of carbonyl (C=O) groups is 2. The number of hydrogen-bond acceptors (Lipinski definition) is 5. The van der Waals surface area contributed by atoms with Gasteiger partial charge in [0.05, 0.1) is 24.8 Å². The van der Waals surface area contributed by atoms with Gasteiger partial charge in [-0.2, -0.15) is 0 Å². The highest BCUT2D eigenvalue weighted by Gasteiger charge is 2.49. The molecule has 2 fully saturated rings. The van der Waals surface area contributed by atoms with Crippen molar-refractivity contribution < 1.29 is 19.1 Å². The van der Waals surface area contributed by atoms with Crippen molar-refractivity contribution in [1.29, 1.82) is 0 Å². The molecule has 2 heterocycles. The molecule has 152 valence electrons. The monoisotopic (exact) mass is 412 g/mol. The SMILES string of the molecule is COc1ccc(C(=O)N2CCC3(CC2)SCC(=O)N3c2ccc(OC)cc2)cc1. The Morgan fingerprint density at radius 3 is 2.03 bits per heavy atom. The number of thioether (sulfide) groups is 1. The minimum absolute atomic E-state index is 0.0211. The number of benzene rings is 2. The topological polar surface area (TPSA) is 59.1 Å². The lowest BCUT2D eigenvalue weighted by atomic mass is 10.00. The van der Waals surface area contributed by atoms with Gasteiger partial charge >= 0.3 is 0 Å². The van der Waals surface area contributed by atoms with E-state index in [2.05, 4.69) is 0 Å². The first-order valence-electron chi connectivity index (χ1n) is 9.61. The fraction of sp³-hybridized carbons (Fsp3) is 0.364. The molecule has 2 aliphatic heterocycles. The molecule has 0 N–H and O–H groups in total. The van der Waals surface area contributed by atoms with Crippen LogP contribution in [-0.4, -0.2) is 54.6 Å². The number of amides is 2. The summed E-state index contributed by atoms with van der Waals surface area (Å²) in [6, 6.07) is 14.8. The molecule has 0 saturated carbocycles. The molecule has 0 aromatic heterocycles. The predicted molar refractivity (Wildman–Crippen MR) is 114 cm³/mol. The fourth-order valence-electron chi connectivity index (χ4n) is 4.01. The van der Waals surface area contributed by atoms with Crippen LogP contribution in [0.2, 0.25) is 0 Å². The van der Waals surface area contributed by atoms with Crippen LogP contribution in [-0.2, 0) is 4.79 Å². The summed E-state index contributed by atoms with van der Waals surface area (Å²) in [4.78, 5) is 29.1. The Morgan fingerprint density at radius 2 is 1.48 bits per heavy atom. The van der Waals surface area contributed by atoms with E-state index in [0.717, 1.165) is 30.0 Å². The van der Waals surface area contributed by atoms with Crippen LogP contribution in [0.4, 0.5) is 5.69 Å². The van der Waals surface area contributed by atoms with Crippen molar-refractivity contribution in [2.24, 2.45) is 0 Å². The van der Waals surface area contributed by atoms with Crippen LogP contribution >= 0.6 is 11.8 Å². The number of anilines is 1. The molecule has 2 aliphatic rings. The normalized spacial score (nSPS) is 18.2. The van der Waals surface area contributed by atoms with Crippen LogP contribution in [0.25, 0.3) is 0 Å². The van der Waals surface area contributed by atoms with Crippen LogP contribution in [0.15, 0.2) is 48.5 Å². The second-order valence-corrected chi connectivity index (χ2v) is 8.52. The van der Waals surface area contributed by atoms with Gasteiger partial charge < -0.3 is 14.4 Å². The summed E-state index contributed by atoms with van der Waals surface area (Å²) in [7, 11) is 3.24. The molecule has 6 nitrogen and oxygen atoms in total. The number of hydrogen-bond donors (Lipinski definition) is 0. The Morgan fingerprint density at radius 1 is 0.931 bits per heavy atom. The van der Waals surface area contributed by atoms with E-state index in [0.29, 0.717) is 24.4 Å². The van der Waals surface area contributed by atoms with E-state index in [4.69, 9.17) is 9.47 Å². The molecule has 2 amide bonds. The molecule has 0 bridgehead atoms. The molecular formula is C22H24N2O4S. The number of ether oxygens (including phenoxy) is 2. The molecular weight excluding hydrogens is 388 g/mol. The van der Waals surface area contributed by atoms with Gasteiger partial charge in [-0.3, -0.25) is 14.5 Å². The molecule has 7 heteroatoms. The maximum Gasteiger partial charge on any atom is 0.253 e. The number of likely N-dealkylation sites (tertiary alicyclic amines) is 1. The molecule has 4 rings (SSSR count). The third-order valence-corrected chi connectivity index (χ3v) is 7.14. The zero-order valence-corrected chi connectivity index (χ0v) is 17.4. The number of rotatable bonds is 4. The van der Waals surface area contributed by atoms with Gasteiger partial charge in [0.25, 0.3) is 5.91 Å². The van der Waals surface area contributed by atoms with Gasteiger partial charge in [0.2, 0.25) is 5.91 Å². The number of carbonyl (C=O) groups excluding carboxylic acids is 2. The van der Waals surface area contributed by atoms with Crippen LogP contribution < -0.4 is 14.4 Å². The van der Waals surface area contributed by atoms with Gasteiger partial charge in [0.1, 0.15) is 11.5 Å². The van der Waals surface area contributed by atoms with Crippen molar-refractivity contribution in [1.82, 2.24) is 4.90 Å². The van der Waals surface area contributed by atoms with Gasteiger partial charge in [0, 0.05) is 24.3 Å². The highest BCUT2D eigenvalue weighted by atomic mass is 32.2. The first kappa shape index (κ1) is 19.6. The Hall–Kier alpha value is -2.67. The van der Waals surface area contributed by atoms with Crippen molar-refractivity contribution in [2.45, 2.75) is 17.7 Å². The van der Waals surface area contributed by atoms with E-state index >= 15 is 0 Å². The molecule has 2 aromatic rings. The summed E-state index contributed by atoms with van der Waals surface area (Å²) in [5, 5.41) is 0. The third kappa shape index (κ3) is 3.67. The lowest BCUT2D eigenvalue weighted by molar-refractivity contribution is -0.116. The van der Waals surface area contributed by atoms with E-state index in [1.807, 2.05) is 34.1 Å². The van der Waals surface area contributed by atoms with Crippen LogP contribution in [0, 0.1) is 0 Å². The Kier molecular flexibility index (Phi) is 5.41. The first-order valence-corrected chi connectivity index (χ1v) is 10.6. The van der Waals surface area contributed by atoms with E-state index in [9.17, 15) is 9.59 Å². The van der Waals surface area contributed by atoms with E-state index in [1.165, 1.54) is 0 Å². The van der Waals surface area contributed by atoms with Crippen LogP contribution in [0.5, 0.6) is 11.5 Å². The molecule has 0 atom stereocenters. The van der Waals surface area contributed by atoms with Crippen molar-refractivity contribution in [2.75, 3.05) is 38.0 Å². The van der Waals surface area contributed by atoms with Gasteiger partial charge in [-0.05, 0) is 61.4 Å². The second kappa shape index (κ2) is 7.99. The van der Waals surface area contributed by atoms with Crippen molar-refractivity contribution >= 4 is 29.3 Å². The number of nitrogens with zero attached hydrogens (tertiary/aromatic N) is 2. The third-order valence-electron chi connectivity index (χ3n) is 5.62. The number of methoxy groups -OCH3 is 2. The summed E-state index contributed by atoms with van der Waals surface area (Å²) in [6.07, 6.45) is 1.49. The van der Waals surface area contributed by atoms with E-state index < -0.39 is 0 Å². The smallest absolute Gasteiger partial charge is 0.253 e. The fourth-order valence-corrected chi connectivity index (χ4v) is 5.34. The highest BCUT2D eigenvalue weighted by Crippen LogP contribution is 2.47. The molecule has 0 radical (unpaired) electrons. The molecule has 0 aliphatic carbocycles. The van der Waals surface area contributed by atoms with Crippen LogP contribution in [0.1, 0.15) is 23.2 Å². The Balaban J connectivity index is 1.48. The van der Waals surface area contributed by atoms with E-state index in [-0.39, 0.29) is 16.7 Å². The largest absolute Gasteiger partial charge is 0.497 e. The Labute approximate surface area is 174 Å². The molecule has 29 heavy (non-hydrogen) atoms. The highest BCUT2D eigenvalue weighted by molar-refractivity contribution is 8.02. The van der Waals surface area contributed by atoms with Crippen LogP contribution in [0.3, 0.4) is 0 Å². The number of piperidine rings is 1. The summed E-state index contributed by atoms with van der Waals surface area (Å²) in [6.45, 7) is 1.25. The minimum Gasteiger partial charge on any atom is -0.497 e. The minimum atomic E-state index is -0.289.